The van der Waals surface area contributed by atoms with Crippen LogP contribution in [0.1, 0.15) is 0 Å². The maximum absolute atomic E-state index is 10.1. The Morgan fingerprint density at radius 3 is 0.216 bits per heavy atom. The molecule has 288 valence electrons. The summed E-state index contributed by atoms with van der Waals surface area (Å²) in [5, 5.41) is 0. The molecule has 0 aromatic carbocycles. The zero-order valence-electron chi connectivity index (χ0n) is 22.5. The van der Waals surface area contributed by atoms with Gasteiger partial charge in [-0.2, -0.15) is 0 Å². The summed E-state index contributed by atoms with van der Waals surface area (Å²) in [5.41, 5.74) is 0. The first kappa shape index (κ1) is 100. The van der Waals surface area contributed by atoms with Crippen molar-refractivity contribution in [3.05, 3.63) is 0 Å². The summed E-state index contributed by atoms with van der Waals surface area (Å²) in [6.45, 7) is 0. The topological polar surface area (TPSA) is 569 Å². The van der Waals surface area contributed by atoms with Crippen LogP contribution in [0, 0.1) is 0 Å². The van der Waals surface area contributed by atoms with Crippen molar-refractivity contribution in [1.29, 1.82) is 0 Å². The van der Waals surface area contributed by atoms with Crippen molar-refractivity contribution in [3.63, 3.8) is 0 Å². The quantitative estimate of drug-likeness (QED) is 0.123. The van der Waals surface area contributed by atoms with Crippen LogP contribution in [0.2, 0.25) is 0 Å². The van der Waals surface area contributed by atoms with E-state index in [2.05, 4.69) is 0 Å². The Morgan fingerprint density at radius 2 is 0.216 bits per heavy atom. The maximum atomic E-state index is 10.1. The van der Waals surface area contributed by atoms with E-state index in [0.29, 0.717) is 0 Å². The minimum Gasteiger partial charge on any atom is -0.786 e. The fourth-order valence-corrected chi connectivity index (χ4v) is 0. The van der Waals surface area contributed by atoms with E-state index < -0.39 is 71.2 Å². The molecule has 0 bridgehead atoms. The number of rotatable bonds is 0. The average molecular weight is 1050 g/mol. The van der Waals surface area contributed by atoms with E-state index in [9.17, 15) is 37.8 Å². The van der Waals surface area contributed by atoms with E-state index >= 15 is 0 Å². The standard InChI is InChI=1S/2Al.9FH2O3P.2Li.2V/c;;9*1-5(2,3)4;;;;/h;;9*(H2,2,3,4);;;;/q2*+3;;;;;;;;;;2*+1;2*+5/p-18. The molecule has 0 aliphatic heterocycles. The Labute approximate surface area is 345 Å². The Kier molecular flexibility index (Phi) is 89.0. The third-order valence-corrected chi connectivity index (χ3v) is 0. The van der Waals surface area contributed by atoms with Crippen LogP contribution in [-0.2, 0) is 78.2 Å². The summed E-state index contributed by atoms with van der Waals surface area (Å²) in [6, 6.07) is 0. The number of hydrogen-bond donors (Lipinski definition) is 0. The van der Waals surface area contributed by atoms with Gasteiger partial charge in [-0.15, -0.1) is 0 Å². The Balaban J connectivity index is -0.0000000217. The smallest absolute Gasteiger partial charge is 0.786 e. The summed E-state index contributed by atoms with van der Waals surface area (Å²) in [6.07, 6.45) is 0. The normalized spacial score (nSPS) is 10.4. The molecule has 0 saturated carbocycles. The van der Waals surface area contributed by atoms with Crippen molar-refractivity contribution in [2.24, 2.45) is 0 Å². The second-order valence-corrected chi connectivity index (χ2v) is 11.6. The first-order valence-electron chi connectivity index (χ1n) is 6.45. The van der Waals surface area contributed by atoms with Crippen LogP contribution in [0.15, 0.2) is 0 Å². The van der Waals surface area contributed by atoms with Gasteiger partial charge in [-0.25, -0.2) is 37.8 Å². The molecule has 0 amide bonds. The van der Waals surface area contributed by atoms with Crippen molar-refractivity contribution >= 4 is 106 Å². The molecule has 0 aromatic rings. The van der Waals surface area contributed by atoms with Crippen LogP contribution in [0.3, 0.4) is 0 Å². The van der Waals surface area contributed by atoms with Crippen LogP contribution >= 0.6 is 71.2 Å². The van der Waals surface area contributed by atoms with E-state index in [4.69, 9.17) is 129 Å². The third-order valence-electron chi connectivity index (χ3n) is 0. The second kappa shape index (κ2) is 45.2. The van der Waals surface area contributed by atoms with Gasteiger partial charge in [-0.3, -0.25) is 0 Å². The minimum absolute atomic E-state index is 0. The molecule has 0 aliphatic rings. The van der Waals surface area contributed by atoms with Gasteiger partial charge in [-0.05, 0) is 0 Å². The largest absolute Gasteiger partial charge is 5.00 e. The Hall–Kier alpha value is 4.15. The van der Waals surface area contributed by atoms with Crippen molar-refractivity contribution in [2.45, 2.75) is 0 Å². The van der Waals surface area contributed by atoms with Gasteiger partial charge in [0.15, 0.2) is 0 Å². The molecule has 0 fully saturated rings. The fourth-order valence-electron chi connectivity index (χ4n) is 0. The molecule has 0 saturated heterocycles. The van der Waals surface area contributed by atoms with E-state index in [1.54, 1.807) is 0 Å². The molecule has 0 aromatic heterocycles. The van der Waals surface area contributed by atoms with Gasteiger partial charge >= 0.3 is 110 Å². The first-order chi connectivity index (χ1) is 18.0. The molecular formula is Al2F9Li2O27P9V2. The van der Waals surface area contributed by atoms with Crippen LogP contribution in [0.5, 0.6) is 0 Å². The SMILES string of the molecule is O=P([O-])([O-])F.O=P([O-])([O-])F.O=P([O-])([O-])F.O=P([O-])([O-])F.O=P([O-])([O-])F.O=P([O-])([O-])F.O=P([O-])([O-])F.O=P([O-])([O-])F.O=P([O-])([O-])F.[Al+3].[Al+3].[Li+].[Li+].[V+5].[V+5]. The first-order valence-corrected chi connectivity index (χ1v) is 19.4. The van der Waals surface area contributed by atoms with E-state index in [1.165, 1.54) is 0 Å². The summed E-state index contributed by atoms with van der Waals surface area (Å²) in [7, 11) is -50.8. The molecule has 0 atom stereocenters. The van der Waals surface area contributed by atoms with E-state index in [1.807, 2.05) is 0 Å². The summed E-state index contributed by atoms with van der Waals surface area (Å²) in [5.74, 6) is 0. The van der Waals surface area contributed by atoms with Crippen LogP contribution in [0.4, 0.5) is 37.8 Å². The van der Waals surface area contributed by atoms with Crippen molar-refractivity contribution in [1.82, 2.24) is 0 Å². The molecule has 0 heterocycles. The van der Waals surface area contributed by atoms with Gasteiger partial charge in [0, 0.05) is 0 Å². The maximum Gasteiger partial charge on any atom is 5.00 e. The zero-order valence-corrected chi connectivity index (χ0v) is 35.7. The third kappa shape index (κ3) is 8560. The molecule has 0 spiro atoms. The van der Waals surface area contributed by atoms with Gasteiger partial charge in [0.05, 0.1) is 0 Å². The molecular weight excluding hydrogens is 1050 g/mol. The molecule has 0 radical (unpaired) electrons. The fraction of sp³-hybridized carbons (Fsp3) is 0. The molecule has 0 rings (SSSR count). The summed E-state index contributed by atoms with van der Waals surface area (Å²) >= 11 is 0. The van der Waals surface area contributed by atoms with Crippen molar-refractivity contribution < 1.29 is 242 Å². The van der Waals surface area contributed by atoms with Crippen molar-refractivity contribution in [2.75, 3.05) is 0 Å². The Morgan fingerprint density at radius 1 is 0.216 bits per heavy atom. The molecule has 51 heavy (non-hydrogen) atoms. The van der Waals surface area contributed by atoms with Crippen LogP contribution < -0.4 is 126 Å². The van der Waals surface area contributed by atoms with Gasteiger partial charge in [0.25, 0.3) is 0 Å². The number of hydrogen-bond acceptors (Lipinski definition) is 27. The molecule has 27 nitrogen and oxygen atoms in total. The molecule has 0 unspecified atom stereocenters. The van der Waals surface area contributed by atoms with E-state index in [-0.39, 0.29) is 110 Å². The second-order valence-electron chi connectivity index (χ2n) is 3.88. The Bertz CT molecular complexity index is 799. The van der Waals surface area contributed by atoms with Gasteiger partial charge < -0.3 is 129 Å². The van der Waals surface area contributed by atoms with Crippen molar-refractivity contribution in [3.8, 4) is 0 Å². The predicted octanol–water partition coefficient (Wildman–Crippen LogP) is -17.7. The van der Waals surface area contributed by atoms with Crippen LogP contribution in [-0.4, -0.2) is 34.7 Å². The summed E-state index contributed by atoms with van der Waals surface area (Å²) in [4.78, 5) is 152. The molecule has 0 aliphatic carbocycles. The molecule has 0 N–H and O–H groups in total. The zero-order chi connectivity index (χ0) is 40.5. The van der Waals surface area contributed by atoms with Crippen LogP contribution in [0.25, 0.3) is 0 Å². The van der Waals surface area contributed by atoms with Gasteiger partial charge in [0.2, 0.25) is 0 Å². The summed E-state index contributed by atoms with van der Waals surface area (Å²) < 4.78 is 167. The van der Waals surface area contributed by atoms with Gasteiger partial charge in [0.1, 0.15) is 71.2 Å². The molecule has 51 heteroatoms. The predicted molar refractivity (Wildman–Crippen MR) is 89.9 cm³/mol. The van der Waals surface area contributed by atoms with E-state index in [0.717, 1.165) is 0 Å². The minimum atomic E-state index is -5.64. The van der Waals surface area contributed by atoms with Gasteiger partial charge in [-0.1, -0.05) is 0 Å². The monoisotopic (exact) mass is 1050 g/mol. The average Bonchev–Trinajstić information content (AvgIpc) is 2.26. The number of halogens is 9.